The minimum atomic E-state index is 0.00874. The third kappa shape index (κ3) is 4.14. The summed E-state index contributed by atoms with van der Waals surface area (Å²) in [7, 11) is 0. The molecule has 0 heterocycles. The van der Waals surface area contributed by atoms with Crippen LogP contribution in [0.2, 0.25) is 0 Å². The van der Waals surface area contributed by atoms with Crippen LogP contribution in [-0.2, 0) is 0 Å². The lowest BCUT2D eigenvalue weighted by molar-refractivity contribution is 0.103. The molecule has 1 nitrogen and oxygen atoms in total. The van der Waals surface area contributed by atoms with Gasteiger partial charge in [-0.05, 0) is 54.6 Å². The number of hydrogen-bond donors (Lipinski definition) is 0. The summed E-state index contributed by atoms with van der Waals surface area (Å²) in [5.41, 5.74) is 1.34. The maximum atomic E-state index is 12.6. The molecule has 0 aliphatic heterocycles. The van der Waals surface area contributed by atoms with E-state index >= 15 is 0 Å². The Bertz CT molecular complexity index is 830. The normalized spacial score (nSPS) is 10.5. The first kappa shape index (κ1) is 16.5. The van der Waals surface area contributed by atoms with Gasteiger partial charge in [-0.3, -0.25) is 4.79 Å². The number of rotatable bonds is 4. The molecule has 0 aliphatic rings. The molecule has 0 unspecified atom stereocenters. The SMILES string of the molecule is O=C(c1ccc(Sc2ccccc2)cc1)c1cc(Br)ccc1Br. The van der Waals surface area contributed by atoms with Crippen LogP contribution in [0.4, 0.5) is 0 Å². The zero-order valence-corrected chi connectivity index (χ0v) is 16.0. The molecule has 3 aromatic rings. The van der Waals surface area contributed by atoms with Crippen LogP contribution in [0, 0.1) is 0 Å². The second-order valence-electron chi connectivity index (χ2n) is 4.89. The first-order chi connectivity index (χ1) is 11.1. The predicted octanol–water partition coefficient (Wildman–Crippen LogP) is 6.59. The van der Waals surface area contributed by atoms with Gasteiger partial charge in [0.1, 0.15) is 0 Å². The number of benzene rings is 3. The smallest absolute Gasteiger partial charge is 0.194 e. The molecule has 0 amide bonds. The highest BCUT2D eigenvalue weighted by Gasteiger charge is 2.13. The molecule has 0 N–H and O–H groups in total. The molecule has 0 fully saturated rings. The Morgan fingerprint density at radius 2 is 1.43 bits per heavy atom. The third-order valence-corrected chi connectivity index (χ3v) is 5.47. The maximum Gasteiger partial charge on any atom is 0.194 e. The highest BCUT2D eigenvalue weighted by molar-refractivity contribution is 9.11. The Balaban J connectivity index is 1.82. The summed E-state index contributed by atoms with van der Waals surface area (Å²) >= 11 is 8.53. The van der Waals surface area contributed by atoms with Gasteiger partial charge >= 0.3 is 0 Å². The lowest BCUT2D eigenvalue weighted by Crippen LogP contribution is -2.02. The van der Waals surface area contributed by atoms with E-state index in [1.54, 1.807) is 11.8 Å². The molecule has 0 saturated heterocycles. The van der Waals surface area contributed by atoms with E-state index in [0.717, 1.165) is 13.8 Å². The number of halogens is 2. The van der Waals surface area contributed by atoms with Gasteiger partial charge in [0, 0.05) is 29.9 Å². The zero-order valence-electron chi connectivity index (χ0n) is 12.0. The zero-order chi connectivity index (χ0) is 16.2. The summed E-state index contributed by atoms with van der Waals surface area (Å²) in [5.74, 6) is 0.00874. The van der Waals surface area contributed by atoms with E-state index in [9.17, 15) is 4.79 Å². The van der Waals surface area contributed by atoms with E-state index in [2.05, 4.69) is 44.0 Å². The highest BCUT2D eigenvalue weighted by Crippen LogP contribution is 2.29. The molecule has 0 saturated carbocycles. The summed E-state index contributed by atoms with van der Waals surface area (Å²) in [6, 6.07) is 23.5. The van der Waals surface area contributed by atoms with Crippen LogP contribution in [-0.4, -0.2) is 5.78 Å². The van der Waals surface area contributed by atoms with Gasteiger partial charge in [0.15, 0.2) is 5.78 Å². The average Bonchev–Trinajstić information content (AvgIpc) is 2.58. The van der Waals surface area contributed by atoms with Crippen LogP contribution in [0.5, 0.6) is 0 Å². The second-order valence-corrected chi connectivity index (χ2v) is 7.81. The minimum absolute atomic E-state index is 0.00874. The first-order valence-electron chi connectivity index (χ1n) is 6.96. The fraction of sp³-hybridized carbons (Fsp3) is 0. The van der Waals surface area contributed by atoms with Gasteiger partial charge in [0.25, 0.3) is 0 Å². The van der Waals surface area contributed by atoms with Gasteiger partial charge in [-0.2, -0.15) is 0 Å². The van der Waals surface area contributed by atoms with Gasteiger partial charge in [-0.25, -0.2) is 0 Å². The van der Waals surface area contributed by atoms with Crippen LogP contribution in [0.25, 0.3) is 0 Å². The minimum Gasteiger partial charge on any atom is -0.289 e. The quantitative estimate of drug-likeness (QED) is 0.419. The van der Waals surface area contributed by atoms with Crippen molar-refractivity contribution in [2.45, 2.75) is 9.79 Å². The van der Waals surface area contributed by atoms with Crippen molar-refractivity contribution in [3.63, 3.8) is 0 Å². The van der Waals surface area contributed by atoms with Crippen LogP contribution < -0.4 is 0 Å². The Hall–Kier alpha value is -1.36. The molecular formula is C19H12Br2OS. The Morgan fingerprint density at radius 3 is 2.13 bits per heavy atom. The van der Waals surface area contributed by atoms with Crippen LogP contribution in [0.3, 0.4) is 0 Å². The van der Waals surface area contributed by atoms with Crippen molar-refractivity contribution < 1.29 is 4.79 Å². The molecule has 0 atom stereocenters. The Kier molecular flexibility index (Phi) is 5.36. The number of carbonyl (C=O) groups is 1. The Morgan fingerprint density at radius 1 is 0.783 bits per heavy atom. The molecular weight excluding hydrogens is 436 g/mol. The third-order valence-electron chi connectivity index (χ3n) is 3.27. The first-order valence-corrected chi connectivity index (χ1v) is 9.36. The second kappa shape index (κ2) is 7.47. The number of carbonyl (C=O) groups excluding carboxylic acids is 1. The lowest BCUT2D eigenvalue weighted by atomic mass is 10.0. The van der Waals surface area contributed by atoms with E-state index < -0.39 is 0 Å². The summed E-state index contributed by atoms with van der Waals surface area (Å²) in [6.07, 6.45) is 0. The standard InChI is InChI=1S/C19H12Br2OS/c20-14-8-11-18(21)17(12-14)19(22)13-6-9-16(10-7-13)23-15-4-2-1-3-5-15/h1-12H. The van der Waals surface area contributed by atoms with Crippen molar-refractivity contribution in [2.24, 2.45) is 0 Å². The molecule has 114 valence electrons. The Labute approximate surface area is 156 Å². The van der Waals surface area contributed by atoms with Crippen molar-refractivity contribution >= 4 is 49.4 Å². The van der Waals surface area contributed by atoms with Crippen LogP contribution in [0.1, 0.15) is 15.9 Å². The molecule has 3 aromatic carbocycles. The van der Waals surface area contributed by atoms with E-state index in [-0.39, 0.29) is 5.78 Å². The van der Waals surface area contributed by atoms with Gasteiger partial charge in [-0.15, -0.1) is 0 Å². The topological polar surface area (TPSA) is 17.1 Å². The summed E-state index contributed by atoms with van der Waals surface area (Å²) < 4.78 is 1.69. The average molecular weight is 448 g/mol. The molecule has 4 heteroatoms. The van der Waals surface area contributed by atoms with Crippen LogP contribution in [0.15, 0.2) is 91.5 Å². The summed E-state index contributed by atoms with van der Waals surface area (Å²) in [6.45, 7) is 0. The van der Waals surface area contributed by atoms with Gasteiger partial charge in [0.2, 0.25) is 0 Å². The van der Waals surface area contributed by atoms with Gasteiger partial charge in [-0.1, -0.05) is 61.8 Å². The molecule has 23 heavy (non-hydrogen) atoms. The number of ketones is 1. The monoisotopic (exact) mass is 446 g/mol. The van der Waals surface area contributed by atoms with E-state index in [4.69, 9.17) is 0 Å². The van der Waals surface area contributed by atoms with Crippen LogP contribution >= 0.6 is 43.6 Å². The van der Waals surface area contributed by atoms with Crippen molar-refractivity contribution in [1.82, 2.24) is 0 Å². The largest absolute Gasteiger partial charge is 0.289 e. The highest BCUT2D eigenvalue weighted by atomic mass is 79.9. The predicted molar refractivity (Wildman–Crippen MR) is 102 cm³/mol. The summed E-state index contributed by atoms with van der Waals surface area (Å²) in [5, 5.41) is 0. The molecule has 0 spiro atoms. The van der Waals surface area contributed by atoms with Crippen molar-refractivity contribution in [3.05, 3.63) is 92.9 Å². The maximum absolute atomic E-state index is 12.6. The lowest BCUT2D eigenvalue weighted by Gasteiger charge is -2.06. The van der Waals surface area contributed by atoms with Crippen molar-refractivity contribution in [3.8, 4) is 0 Å². The van der Waals surface area contributed by atoms with Gasteiger partial charge in [0.05, 0.1) is 0 Å². The van der Waals surface area contributed by atoms with Crippen molar-refractivity contribution in [1.29, 1.82) is 0 Å². The fourth-order valence-electron chi connectivity index (χ4n) is 2.13. The molecule has 0 aliphatic carbocycles. The summed E-state index contributed by atoms with van der Waals surface area (Å²) in [4.78, 5) is 14.9. The molecule has 3 rings (SSSR count). The van der Waals surface area contributed by atoms with E-state index in [1.807, 2.05) is 60.7 Å². The number of hydrogen-bond acceptors (Lipinski definition) is 2. The van der Waals surface area contributed by atoms with E-state index in [1.165, 1.54) is 4.90 Å². The molecule has 0 bridgehead atoms. The fourth-order valence-corrected chi connectivity index (χ4v) is 3.75. The molecule has 0 radical (unpaired) electrons. The molecule has 0 aromatic heterocycles. The van der Waals surface area contributed by atoms with Gasteiger partial charge < -0.3 is 0 Å². The van der Waals surface area contributed by atoms with E-state index in [0.29, 0.717) is 11.1 Å². The van der Waals surface area contributed by atoms with Crippen molar-refractivity contribution in [2.75, 3.05) is 0 Å².